The van der Waals surface area contributed by atoms with Crippen LogP contribution in [0.3, 0.4) is 0 Å². The first kappa shape index (κ1) is 15.5. The third-order valence-corrected chi connectivity index (χ3v) is 2.34. The third-order valence-electron chi connectivity index (χ3n) is 2.34. The van der Waals surface area contributed by atoms with Crippen molar-refractivity contribution >= 4 is 11.5 Å². The number of hydrogen-bond acceptors (Lipinski definition) is 6. The van der Waals surface area contributed by atoms with Gasteiger partial charge in [0, 0.05) is 11.6 Å². The predicted molar refractivity (Wildman–Crippen MR) is 71.7 cm³/mol. The number of ether oxygens (including phenoxy) is 3. The monoisotopic (exact) mass is 276 g/mol. The lowest BCUT2D eigenvalue weighted by atomic mass is 10.1. The molecule has 1 aromatic heterocycles. The highest BCUT2D eigenvalue weighted by Crippen LogP contribution is 2.22. The van der Waals surface area contributed by atoms with Gasteiger partial charge in [-0.3, -0.25) is 0 Å². The van der Waals surface area contributed by atoms with Crippen molar-refractivity contribution in [2.24, 2.45) is 0 Å². The summed E-state index contributed by atoms with van der Waals surface area (Å²) in [6.45, 7) is 4.12. The van der Waals surface area contributed by atoms with Gasteiger partial charge in [-0.1, -0.05) is 0 Å². The van der Waals surface area contributed by atoms with Crippen molar-refractivity contribution in [2.45, 2.75) is 13.8 Å². The number of pyridine rings is 1. The molecule has 6 nitrogen and oxygen atoms in total. The molecule has 0 amide bonds. The van der Waals surface area contributed by atoms with Crippen molar-refractivity contribution in [3.8, 4) is 11.9 Å². The molecule has 6 heteroatoms. The van der Waals surface area contributed by atoms with Gasteiger partial charge in [0.1, 0.15) is 11.6 Å². The highest BCUT2D eigenvalue weighted by molar-refractivity contribution is 6.16. The maximum absolute atomic E-state index is 11.9. The smallest absolute Gasteiger partial charge is 0.341 e. The van der Waals surface area contributed by atoms with Gasteiger partial charge in [-0.2, -0.15) is 5.26 Å². The number of carbonyl (C=O) groups excluding carboxylic acids is 1. The van der Waals surface area contributed by atoms with E-state index in [4.69, 9.17) is 19.5 Å². The molecule has 1 rings (SSSR count). The van der Waals surface area contributed by atoms with Crippen LogP contribution in [0.15, 0.2) is 18.4 Å². The predicted octanol–water partition coefficient (Wildman–Crippen LogP) is 1.90. The summed E-state index contributed by atoms with van der Waals surface area (Å²) in [5.41, 5.74) is 0.573. The fraction of sp³-hybridized carbons (Fsp3) is 0.357. The highest BCUT2D eigenvalue weighted by Gasteiger charge is 2.19. The highest BCUT2D eigenvalue weighted by atomic mass is 16.5. The molecule has 0 aliphatic heterocycles. The van der Waals surface area contributed by atoms with Crippen LogP contribution in [0.4, 0.5) is 0 Å². The van der Waals surface area contributed by atoms with E-state index in [1.165, 1.54) is 13.4 Å². The second kappa shape index (κ2) is 7.79. The molecule has 0 aliphatic carbocycles. The maximum atomic E-state index is 11.9. The molecule has 0 radical (unpaired) electrons. The normalized spacial score (nSPS) is 10.6. The first-order valence-electron chi connectivity index (χ1n) is 6.12. The second-order valence-electron chi connectivity index (χ2n) is 3.57. The minimum absolute atomic E-state index is 0.0726. The molecule has 0 saturated heterocycles. The first-order valence-corrected chi connectivity index (χ1v) is 6.12. The minimum atomic E-state index is -0.565. The van der Waals surface area contributed by atoms with E-state index in [-0.39, 0.29) is 17.9 Å². The molecule has 106 valence electrons. The van der Waals surface area contributed by atoms with Crippen LogP contribution < -0.4 is 4.74 Å². The number of carbonyl (C=O) groups is 1. The van der Waals surface area contributed by atoms with Crippen molar-refractivity contribution < 1.29 is 19.0 Å². The van der Waals surface area contributed by atoms with Gasteiger partial charge in [0.05, 0.1) is 26.6 Å². The molecular formula is C14H16N2O4. The van der Waals surface area contributed by atoms with E-state index in [2.05, 4.69) is 4.98 Å². The number of nitriles is 1. The fourth-order valence-electron chi connectivity index (χ4n) is 1.45. The van der Waals surface area contributed by atoms with E-state index >= 15 is 0 Å². The van der Waals surface area contributed by atoms with Gasteiger partial charge in [0.15, 0.2) is 5.69 Å². The number of nitrogens with zero attached hydrogens (tertiary/aromatic N) is 2. The van der Waals surface area contributed by atoms with E-state index < -0.39 is 5.97 Å². The number of methoxy groups -OCH3 is 1. The Hall–Kier alpha value is -2.55. The van der Waals surface area contributed by atoms with Crippen LogP contribution in [-0.2, 0) is 14.3 Å². The van der Waals surface area contributed by atoms with Crippen molar-refractivity contribution in [3.05, 3.63) is 29.7 Å². The summed E-state index contributed by atoms with van der Waals surface area (Å²) in [4.78, 5) is 15.9. The molecule has 0 atom stereocenters. The van der Waals surface area contributed by atoms with Gasteiger partial charge in [-0.15, -0.1) is 0 Å². The zero-order valence-corrected chi connectivity index (χ0v) is 11.7. The molecule has 0 unspecified atom stereocenters. The van der Waals surface area contributed by atoms with Gasteiger partial charge in [-0.05, 0) is 19.9 Å². The number of aromatic nitrogens is 1. The second-order valence-corrected chi connectivity index (χ2v) is 3.57. The Kier molecular flexibility index (Phi) is 6.04. The quantitative estimate of drug-likeness (QED) is 0.448. The SMILES string of the molecule is CCO/C=C(\C(=O)OCC)c1ccc(OC)nc1C#N. The summed E-state index contributed by atoms with van der Waals surface area (Å²) < 4.78 is 15.0. The molecule has 1 aromatic rings. The summed E-state index contributed by atoms with van der Waals surface area (Å²) in [5.74, 6) is -0.269. The summed E-state index contributed by atoms with van der Waals surface area (Å²) in [6, 6.07) is 5.07. The molecule has 0 N–H and O–H groups in total. The Labute approximate surface area is 117 Å². The zero-order chi connectivity index (χ0) is 15.0. The molecular weight excluding hydrogens is 260 g/mol. The minimum Gasteiger partial charge on any atom is -0.501 e. The molecule has 0 bridgehead atoms. The summed E-state index contributed by atoms with van der Waals surface area (Å²) in [7, 11) is 1.45. The molecule has 0 fully saturated rings. The van der Waals surface area contributed by atoms with Crippen LogP contribution >= 0.6 is 0 Å². The average Bonchev–Trinajstić information content (AvgIpc) is 2.48. The Morgan fingerprint density at radius 1 is 1.40 bits per heavy atom. The topological polar surface area (TPSA) is 81.4 Å². The lowest BCUT2D eigenvalue weighted by molar-refractivity contribution is -0.136. The van der Waals surface area contributed by atoms with E-state index in [1.807, 2.05) is 6.07 Å². The Morgan fingerprint density at radius 3 is 2.70 bits per heavy atom. The molecule has 0 aromatic carbocycles. The lowest BCUT2D eigenvalue weighted by Crippen LogP contribution is -2.09. The largest absolute Gasteiger partial charge is 0.501 e. The van der Waals surface area contributed by atoms with Crippen molar-refractivity contribution in [2.75, 3.05) is 20.3 Å². The van der Waals surface area contributed by atoms with Gasteiger partial charge in [0.2, 0.25) is 5.88 Å². The van der Waals surface area contributed by atoms with Crippen molar-refractivity contribution in [3.63, 3.8) is 0 Å². The summed E-state index contributed by atoms with van der Waals surface area (Å²) >= 11 is 0. The summed E-state index contributed by atoms with van der Waals surface area (Å²) in [5, 5.41) is 9.14. The van der Waals surface area contributed by atoms with Crippen molar-refractivity contribution in [1.29, 1.82) is 5.26 Å². The first-order chi connectivity index (χ1) is 9.67. The zero-order valence-electron chi connectivity index (χ0n) is 11.7. The molecule has 1 heterocycles. The van der Waals surface area contributed by atoms with Crippen LogP contribution in [0.5, 0.6) is 5.88 Å². The van der Waals surface area contributed by atoms with E-state index in [1.54, 1.807) is 26.0 Å². The maximum Gasteiger partial charge on any atom is 0.341 e. The van der Waals surface area contributed by atoms with Crippen LogP contribution in [-0.4, -0.2) is 31.3 Å². The van der Waals surface area contributed by atoms with Crippen molar-refractivity contribution in [1.82, 2.24) is 4.98 Å². The molecule has 20 heavy (non-hydrogen) atoms. The Bertz CT molecular complexity index is 547. The fourth-order valence-corrected chi connectivity index (χ4v) is 1.45. The van der Waals surface area contributed by atoms with Crippen LogP contribution in [0.25, 0.3) is 5.57 Å². The third kappa shape index (κ3) is 3.72. The Balaban J connectivity index is 3.27. The Morgan fingerprint density at radius 2 is 2.15 bits per heavy atom. The molecule has 0 saturated carbocycles. The number of hydrogen-bond donors (Lipinski definition) is 0. The average molecular weight is 276 g/mol. The number of rotatable bonds is 6. The standard InChI is InChI=1S/C14H16N2O4/c1-4-19-9-11(14(17)20-5-2)10-6-7-13(18-3)16-12(10)8-15/h6-7,9H,4-5H2,1-3H3/b11-9-. The van der Waals surface area contributed by atoms with Gasteiger partial charge >= 0.3 is 5.97 Å². The van der Waals surface area contributed by atoms with Crippen LogP contribution in [0.1, 0.15) is 25.1 Å². The number of esters is 1. The van der Waals surface area contributed by atoms with Crippen LogP contribution in [0.2, 0.25) is 0 Å². The summed E-state index contributed by atoms with van der Waals surface area (Å²) in [6.07, 6.45) is 1.28. The molecule has 0 aliphatic rings. The van der Waals surface area contributed by atoms with Gasteiger partial charge in [-0.25, -0.2) is 9.78 Å². The van der Waals surface area contributed by atoms with Gasteiger partial charge in [0.25, 0.3) is 0 Å². The molecule has 0 spiro atoms. The van der Waals surface area contributed by atoms with Gasteiger partial charge < -0.3 is 14.2 Å². The van der Waals surface area contributed by atoms with Crippen LogP contribution in [0, 0.1) is 11.3 Å². The van der Waals surface area contributed by atoms with E-state index in [0.29, 0.717) is 18.1 Å². The van der Waals surface area contributed by atoms with E-state index in [9.17, 15) is 4.79 Å². The van der Waals surface area contributed by atoms with E-state index in [0.717, 1.165) is 0 Å². The lowest BCUT2D eigenvalue weighted by Gasteiger charge is -2.09.